The molecule has 0 fully saturated rings. The van der Waals surface area contributed by atoms with Crippen LogP contribution in [0.15, 0.2) is 36.4 Å². The maximum Gasteiger partial charge on any atom is 0.271 e. The highest BCUT2D eigenvalue weighted by atomic mass is 32.2. The van der Waals surface area contributed by atoms with E-state index in [4.69, 9.17) is 9.47 Å². The molecule has 0 spiro atoms. The lowest BCUT2D eigenvalue weighted by Crippen LogP contribution is -2.37. The number of amides is 1. The number of carbonyl (C=O) groups excluding carboxylic acids is 1. The zero-order valence-corrected chi connectivity index (χ0v) is 16.6. The van der Waals surface area contributed by atoms with Crippen molar-refractivity contribution in [3.63, 3.8) is 0 Å². The predicted molar refractivity (Wildman–Crippen MR) is 106 cm³/mol. The quantitative estimate of drug-likeness (QED) is 0.558. The Bertz CT molecular complexity index is 1070. The summed E-state index contributed by atoms with van der Waals surface area (Å²) in [6.07, 6.45) is 0.933. The molecule has 2 aromatic carbocycles. The molecule has 1 amide bonds. The highest BCUT2D eigenvalue weighted by molar-refractivity contribution is 7.92. The van der Waals surface area contributed by atoms with Crippen molar-refractivity contribution >= 4 is 33.0 Å². The van der Waals surface area contributed by atoms with Crippen LogP contribution in [-0.2, 0) is 14.8 Å². The Hall–Kier alpha value is -3.34. The SMILES string of the molecule is Cc1ccc([N+](=O)[O-])cc1N(CC(=O)Nc1ccc2c(c1)OCCO2)S(C)(=O)=O. The van der Waals surface area contributed by atoms with E-state index in [1.54, 1.807) is 25.1 Å². The minimum absolute atomic E-state index is 0.0685. The number of non-ortho nitro benzene ring substituents is 1. The van der Waals surface area contributed by atoms with Gasteiger partial charge in [-0.25, -0.2) is 8.42 Å². The molecule has 11 heteroatoms. The number of aryl methyl sites for hydroxylation is 1. The molecule has 3 rings (SSSR count). The zero-order chi connectivity index (χ0) is 21.2. The van der Waals surface area contributed by atoms with Gasteiger partial charge in [0, 0.05) is 23.9 Å². The molecule has 1 aliphatic heterocycles. The number of ether oxygens (including phenoxy) is 2. The van der Waals surface area contributed by atoms with Gasteiger partial charge in [-0.1, -0.05) is 6.07 Å². The standard InChI is InChI=1S/C18H19N3O7S/c1-12-3-5-14(21(23)24)10-15(12)20(29(2,25)26)11-18(22)19-13-4-6-16-17(9-13)28-8-7-27-16/h3-6,9-10H,7-8,11H2,1-2H3,(H,19,22). The number of nitrogens with zero attached hydrogens (tertiary/aromatic N) is 2. The van der Waals surface area contributed by atoms with Crippen LogP contribution in [0.4, 0.5) is 17.1 Å². The van der Waals surface area contributed by atoms with Crippen molar-refractivity contribution in [1.82, 2.24) is 0 Å². The van der Waals surface area contributed by atoms with Crippen LogP contribution < -0.4 is 19.1 Å². The topological polar surface area (TPSA) is 128 Å². The fourth-order valence-electron chi connectivity index (χ4n) is 2.81. The smallest absolute Gasteiger partial charge is 0.271 e. The molecular weight excluding hydrogens is 402 g/mol. The molecule has 29 heavy (non-hydrogen) atoms. The molecule has 0 aliphatic carbocycles. The summed E-state index contributed by atoms with van der Waals surface area (Å²) in [6.45, 7) is 1.88. The Morgan fingerprint density at radius 1 is 1.17 bits per heavy atom. The number of fused-ring (bicyclic) bond motifs is 1. The van der Waals surface area contributed by atoms with E-state index in [2.05, 4.69) is 5.32 Å². The lowest BCUT2D eigenvalue weighted by Gasteiger charge is -2.23. The van der Waals surface area contributed by atoms with E-state index in [9.17, 15) is 23.3 Å². The van der Waals surface area contributed by atoms with Gasteiger partial charge in [0.2, 0.25) is 15.9 Å². The molecule has 0 aromatic heterocycles. The second-order valence-electron chi connectivity index (χ2n) is 6.40. The average Bonchev–Trinajstić information content (AvgIpc) is 2.65. The monoisotopic (exact) mass is 421 g/mol. The van der Waals surface area contributed by atoms with Crippen molar-refractivity contribution in [2.75, 3.05) is 35.6 Å². The van der Waals surface area contributed by atoms with E-state index in [1.807, 2.05) is 0 Å². The van der Waals surface area contributed by atoms with Gasteiger partial charge in [-0.2, -0.15) is 0 Å². The fraction of sp³-hybridized carbons (Fsp3) is 0.278. The van der Waals surface area contributed by atoms with Crippen molar-refractivity contribution in [1.29, 1.82) is 0 Å². The number of benzene rings is 2. The third kappa shape index (κ3) is 4.74. The minimum atomic E-state index is -3.88. The van der Waals surface area contributed by atoms with Crippen molar-refractivity contribution in [2.24, 2.45) is 0 Å². The lowest BCUT2D eigenvalue weighted by molar-refractivity contribution is -0.384. The van der Waals surface area contributed by atoms with Crippen molar-refractivity contribution in [3.8, 4) is 11.5 Å². The molecule has 0 saturated carbocycles. The second kappa shape index (κ2) is 7.95. The van der Waals surface area contributed by atoms with Gasteiger partial charge in [0.1, 0.15) is 19.8 Å². The maximum absolute atomic E-state index is 12.5. The van der Waals surface area contributed by atoms with Gasteiger partial charge in [-0.05, 0) is 24.6 Å². The third-order valence-corrected chi connectivity index (χ3v) is 5.31. The molecule has 10 nitrogen and oxygen atoms in total. The fourth-order valence-corrected chi connectivity index (χ4v) is 3.72. The van der Waals surface area contributed by atoms with Gasteiger partial charge >= 0.3 is 0 Å². The maximum atomic E-state index is 12.5. The molecule has 0 unspecified atom stereocenters. The van der Waals surface area contributed by atoms with Crippen molar-refractivity contribution < 1.29 is 27.6 Å². The Kier molecular flexibility index (Phi) is 5.59. The van der Waals surface area contributed by atoms with Crippen LogP contribution in [0.25, 0.3) is 0 Å². The first-order chi connectivity index (χ1) is 13.6. The molecule has 1 aliphatic rings. The molecule has 2 aromatic rings. The molecule has 0 bridgehead atoms. The minimum Gasteiger partial charge on any atom is -0.486 e. The van der Waals surface area contributed by atoms with Crippen LogP contribution in [0, 0.1) is 17.0 Å². The predicted octanol–water partition coefficient (Wildman–Crippen LogP) is 2.08. The van der Waals surface area contributed by atoms with Crippen LogP contribution in [-0.4, -0.2) is 45.3 Å². The Balaban J connectivity index is 1.84. The van der Waals surface area contributed by atoms with E-state index in [0.717, 1.165) is 16.6 Å². The van der Waals surface area contributed by atoms with E-state index in [-0.39, 0.29) is 11.4 Å². The highest BCUT2D eigenvalue weighted by Gasteiger charge is 2.24. The second-order valence-corrected chi connectivity index (χ2v) is 8.31. The average molecular weight is 421 g/mol. The largest absolute Gasteiger partial charge is 0.486 e. The van der Waals surface area contributed by atoms with Gasteiger partial charge in [0.15, 0.2) is 11.5 Å². The first-order valence-corrected chi connectivity index (χ1v) is 10.4. The Labute approximate surface area is 167 Å². The van der Waals surface area contributed by atoms with Gasteiger partial charge < -0.3 is 14.8 Å². The molecule has 1 N–H and O–H groups in total. The van der Waals surface area contributed by atoms with E-state index in [0.29, 0.717) is 36.0 Å². The molecule has 0 atom stereocenters. The molecule has 1 heterocycles. The number of hydrogen-bond donors (Lipinski definition) is 1. The van der Waals surface area contributed by atoms with E-state index in [1.165, 1.54) is 12.1 Å². The van der Waals surface area contributed by atoms with Crippen molar-refractivity contribution in [3.05, 3.63) is 52.1 Å². The van der Waals surface area contributed by atoms with Crippen LogP contribution in [0.1, 0.15) is 5.56 Å². The summed E-state index contributed by atoms with van der Waals surface area (Å²) in [4.78, 5) is 22.9. The van der Waals surface area contributed by atoms with Crippen LogP contribution >= 0.6 is 0 Å². The summed E-state index contributed by atoms with van der Waals surface area (Å²) >= 11 is 0. The number of rotatable bonds is 6. The number of anilines is 2. The Morgan fingerprint density at radius 3 is 2.52 bits per heavy atom. The van der Waals surface area contributed by atoms with Crippen molar-refractivity contribution in [2.45, 2.75) is 6.92 Å². The number of carbonyl (C=O) groups is 1. The normalized spacial score (nSPS) is 12.9. The summed E-state index contributed by atoms with van der Waals surface area (Å²) in [5.41, 5.74) is 0.683. The van der Waals surface area contributed by atoms with Gasteiger partial charge in [-0.15, -0.1) is 0 Å². The Morgan fingerprint density at radius 2 is 1.86 bits per heavy atom. The summed E-state index contributed by atoms with van der Waals surface area (Å²) in [6, 6.07) is 8.67. The summed E-state index contributed by atoms with van der Waals surface area (Å²) in [5, 5.41) is 13.7. The van der Waals surface area contributed by atoms with Crippen LogP contribution in [0.2, 0.25) is 0 Å². The van der Waals surface area contributed by atoms with Gasteiger partial charge in [0.25, 0.3) is 5.69 Å². The molecule has 154 valence electrons. The van der Waals surface area contributed by atoms with E-state index >= 15 is 0 Å². The number of sulfonamides is 1. The summed E-state index contributed by atoms with van der Waals surface area (Å²) in [7, 11) is -3.88. The van der Waals surface area contributed by atoms with E-state index < -0.39 is 27.4 Å². The number of nitro benzene ring substituents is 1. The van der Waals surface area contributed by atoms with Gasteiger partial charge in [-0.3, -0.25) is 19.2 Å². The number of nitro groups is 1. The zero-order valence-electron chi connectivity index (χ0n) is 15.7. The highest BCUT2D eigenvalue weighted by Crippen LogP contribution is 2.33. The summed E-state index contributed by atoms with van der Waals surface area (Å²) in [5.74, 6) is 0.417. The molecule has 0 saturated heterocycles. The molecular formula is C18H19N3O7S. The van der Waals surface area contributed by atoms with Crippen LogP contribution in [0.3, 0.4) is 0 Å². The first kappa shape index (κ1) is 20.4. The molecule has 0 radical (unpaired) electrons. The third-order valence-electron chi connectivity index (χ3n) is 4.19. The number of hydrogen-bond acceptors (Lipinski definition) is 7. The van der Waals surface area contributed by atoms with Crippen LogP contribution in [0.5, 0.6) is 11.5 Å². The van der Waals surface area contributed by atoms with Gasteiger partial charge in [0.05, 0.1) is 16.9 Å². The summed E-state index contributed by atoms with van der Waals surface area (Å²) < 4.78 is 36.3. The lowest BCUT2D eigenvalue weighted by atomic mass is 10.2. The number of nitrogens with one attached hydrogen (secondary N) is 1. The first-order valence-electron chi connectivity index (χ1n) is 8.57.